The molecule has 0 amide bonds. The van der Waals surface area contributed by atoms with E-state index in [-0.39, 0.29) is 0 Å². The minimum Gasteiger partial charge on any atom is -0.481 e. The van der Waals surface area contributed by atoms with Gasteiger partial charge in [-0.25, -0.2) is 4.79 Å². The van der Waals surface area contributed by atoms with Crippen molar-refractivity contribution in [2.45, 2.75) is 26.4 Å². The van der Waals surface area contributed by atoms with Crippen LogP contribution in [0, 0.1) is 11.3 Å². The highest BCUT2D eigenvalue weighted by molar-refractivity contribution is 5.93. The van der Waals surface area contributed by atoms with E-state index in [1.165, 1.54) is 0 Å². The number of rotatable bonds is 6. The molecule has 2 unspecified atom stereocenters. The van der Waals surface area contributed by atoms with Gasteiger partial charge in [-0.2, -0.15) is 0 Å². The van der Waals surface area contributed by atoms with E-state index in [9.17, 15) is 19.5 Å². The molecule has 0 aliphatic rings. The van der Waals surface area contributed by atoms with Crippen LogP contribution < -0.4 is 0 Å². The highest BCUT2D eigenvalue weighted by atomic mass is 16.5. The number of carbonyl (C=O) groups is 3. The molecule has 0 aromatic rings. The fraction of sp³-hybridized carbons (Fsp3) is 0.700. The van der Waals surface area contributed by atoms with Crippen molar-refractivity contribution in [1.29, 1.82) is 0 Å². The average molecular weight is 248 g/mol. The molecule has 0 spiro atoms. The van der Waals surface area contributed by atoms with Gasteiger partial charge in [0.05, 0.1) is 5.92 Å². The predicted molar refractivity (Wildman–Crippen MR) is 55.6 cm³/mol. The molecule has 0 radical (unpaired) electrons. The molecule has 98 valence electrons. The largest absolute Gasteiger partial charge is 0.481 e. The quantitative estimate of drug-likeness (QED) is 0.617. The van der Waals surface area contributed by atoms with Crippen LogP contribution in [0.1, 0.15) is 20.8 Å². The Morgan fingerprint density at radius 1 is 1.06 bits per heavy atom. The van der Waals surface area contributed by atoms with Gasteiger partial charge >= 0.3 is 17.9 Å². The first-order valence-corrected chi connectivity index (χ1v) is 4.80. The van der Waals surface area contributed by atoms with Gasteiger partial charge < -0.3 is 20.1 Å². The van der Waals surface area contributed by atoms with Gasteiger partial charge in [0.15, 0.2) is 5.60 Å². The van der Waals surface area contributed by atoms with Crippen molar-refractivity contribution < 1.29 is 34.4 Å². The molecule has 0 saturated carbocycles. The Hall–Kier alpha value is -1.63. The topological polar surface area (TPSA) is 121 Å². The van der Waals surface area contributed by atoms with E-state index in [1.807, 2.05) is 0 Å². The Balaban J connectivity index is 5.95. The molecule has 3 N–H and O–H groups in total. The first-order valence-electron chi connectivity index (χ1n) is 4.80. The molecule has 0 fully saturated rings. The predicted octanol–water partition coefficient (Wildman–Crippen LogP) is 0.288. The zero-order valence-electron chi connectivity index (χ0n) is 10.1. The molecular weight excluding hydrogens is 232 g/mol. The smallest absolute Gasteiger partial charge is 0.338 e. The maximum absolute atomic E-state index is 11.3. The fourth-order valence-electron chi connectivity index (χ4n) is 1.85. The summed E-state index contributed by atoms with van der Waals surface area (Å²) in [5, 5.41) is 27.1. The molecule has 0 rings (SSSR count). The molecule has 0 aliphatic carbocycles. The summed E-state index contributed by atoms with van der Waals surface area (Å²) >= 11 is 0. The van der Waals surface area contributed by atoms with Crippen molar-refractivity contribution in [2.75, 3.05) is 7.11 Å². The summed E-state index contributed by atoms with van der Waals surface area (Å²) in [6.07, 6.45) is 0. The summed E-state index contributed by atoms with van der Waals surface area (Å²) in [5.41, 5.74) is -4.24. The third kappa shape index (κ3) is 2.10. The van der Waals surface area contributed by atoms with E-state index in [0.717, 1.165) is 27.9 Å². The second kappa shape index (κ2) is 4.70. The molecular formula is C10H16O7. The molecule has 7 heteroatoms. The molecule has 0 bridgehead atoms. The monoisotopic (exact) mass is 248 g/mol. The minimum absolute atomic E-state index is 0.984. The van der Waals surface area contributed by atoms with E-state index < -0.39 is 34.8 Å². The average Bonchev–Trinajstić information content (AvgIpc) is 2.17. The Labute approximate surface area is 98.0 Å². The third-order valence-electron chi connectivity index (χ3n) is 3.08. The Bertz CT molecular complexity index is 347. The zero-order valence-corrected chi connectivity index (χ0v) is 10.1. The normalized spacial score (nSPS) is 16.9. The molecule has 0 aromatic heterocycles. The minimum atomic E-state index is -2.34. The third-order valence-corrected chi connectivity index (χ3v) is 3.08. The van der Waals surface area contributed by atoms with Crippen LogP contribution in [0.4, 0.5) is 0 Å². The van der Waals surface area contributed by atoms with E-state index in [1.54, 1.807) is 0 Å². The number of hydrogen-bond acceptors (Lipinski definition) is 4. The van der Waals surface area contributed by atoms with Gasteiger partial charge in [0.1, 0.15) is 5.41 Å². The number of methoxy groups -OCH3 is 1. The summed E-state index contributed by atoms with van der Waals surface area (Å²) < 4.78 is 4.79. The molecule has 0 saturated heterocycles. The summed E-state index contributed by atoms with van der Waals surface area (Å²) in [6.45, 7) is 3.34. The molecule has 17 heavy (non-hydrogen) atoms. The molecule has 0 aromatic carbocycles. The van der Waals surface area contributed by atoms with E-state index in [4.69, 9.17) is 14.9 Å². The Morgan fingerprint density at radius 2 is 1.47 bits per heavy atom. The Kier molecular flexibility index (Phi) is 4.25. The first kappa shape index (κ1) is 15.4. The lowest BCUT2D eigenvalue weighted by Gasteiger charge is -2.41. The molecule has 0 heterocycles. The van der Waals surface area contributed by atoms with Gasteiger partial charge in [-0.15, -0.1) is 0 Å². The maximum atomic E-state index is 11.3. The van der Waals surface area contributed by atoms with Crippen molar-refractivity contribution >= 4 is 17.9 Å². The number of carboxylic acids is 3. The molecule has 2 atom stereocenters. The SMILES string of the molecule is COC(C(=O)O)(C(C)C(=O)O)C(C)(C)C(=O)O. The van der Waals surface area contributed by atoms with E-state index in [0.29, 0.717) is 0 Å². The second-order valence-corrected chi connectivity index (χ2v) is 4.24. The first-order chi connectivity index (χ1) is 7.55. The summed E-state index contributed by atoms with van der Waals surface area (Å²) in [7, 11) is 0.984. The highest BCUT2D eigenvalue weighted by Crippen LogP contribution is 2.40. The number of ether oxygens (including phenoxy) is 1. The van der Waals surface area contributed by atoms with Gasteiger partial charge in [0, 0.05) is 7.11 Å². The standard InChI is InChI=1S/C10H16O7/c1-5(6(11)12)10(17-4,8(15)16)9(2,3)7(13)14/h5H,1-4H3,(H,11,12)(H,13,14)(H,15,16). The fourth-order valence-corrected chi connectivity index (χ4v) is 1.85. The Morgan fingerprint density at radius 3 is 1.65 bits per heavy atom. The maximum Gasteiger partial charge on any atom is 0.338 e. The lowest BCUT2D eigenvalue weighted by molar-refractivity contribution is -0.204. The summed E-state index contributed by atoms with van der Waals surface area (Å²) in [6, 6.07) is 0. The summed E-state index contributed by atoms with van der Waals surface area (Å²) in [4.78, 5) is 33.4. The lowest BCUT2D eigenvalue weighted by atomic mass is 9.68. The number of aliphatic carboxylic acids is 3. The van der Waals surface area contributed by atoms with Crippen LogP contribution in [0.3, 0.4) is 0 Å². The number of hydrogen-bond donors (Lipinski definition) is 3. The second-order valence-electron chi connectivity index (χ2n) is 4.24. The molecule has 0 aliphatic heterocycles. The molecule has 7 nitrogen and oxygen atoms in total. The van der Waals surface area contributed by atoms with Gasteiger partial charge in [0.2, 0.25) is 0 Å². The van der Waals surface area contributed by atoms with Gasteiger partial charge in [-0.1, -0.05) is 0 Å². The van der Waals surface area contributed by atoms with Crippen molar-refractivity contribution in [3.8, 4) is 0 Å². The van der Waals surface area contributed by atoms with Crippen LogP contribution in [0.15, 0.2) is 0 Å². The van der Waals surface area contributed by atoms with Crippen molar-refractivity contribution in [2.24, 2.45) is 11.3 Å². The van der Waals surface area contributed by atoms with Crippen LogP contribution in [0.2, 0.25) is 0 Å². The van der Waals surface area contributed by atoms with Crippen LogP contribution in [0.5, 0.6) is 0 Å². The van der Waals surface area contributed by atoms with Crippen molar-refractivity contribution in [1.82, 2.24) is 0 Å². The van der Waals surface area contributed by atoms with Crippen molar-refractivity contribution in [3.63, 3.8) is 0 Å². The van der Waals surface area contributed by atoms with Gasteiger partial charge in [0.25, 0.3) is 0 Å². The van der Waals surface area contributed by atoms with Crippen molar-refractivity contribution in [3.05, 3.63) is 0 Å². The van der Waals surface area contributed by atoms with Gasteiger partial charge in [-0.3, -0.25) is 9.59 Å². The van der Waals surface area contributed by atoms with Crippen LogP contribution >= 0.6 is 0 Å². The van der Waals surface area contributed by atoms with Crippen LogP contribution in [-0.4, -0.2) is 45.9 Å². The van der Waals surface area contributed by atoms with Crippen LogP contribution in [0.25, 0.3) is 0 Å². The van der Waals surface area contributed by atoms with Crippen LogP contribution in [-0.2, 0) is 19.1 Å². The zero-order chi connectivity index (χ0) is 14.0. The summed E-state index contributed by atoms with van der Waals surface area (Å²) in [5.74, 6) is -6.03. The number of carboxylic acid groups (broad SMARTS) is 3. The van der Waals surface area contributed by atoms with E-state index in [2.05, 4.69) is 0 Å². The van der Waals surface area contributed by atoms with E-state index >= 15 is 0 Å². The highest BCUT2D eigenvalue weighted by Gasteiger charge is 2.62. The lowest BCUT2D eigenvalue weighted by Crippen LogP contribution is -2.62. The van der Waals surface area contributed by atoms with Gasteiger partial charge in [-0.05, 0) is 20.8 Å².